The van der Waals surface area contributed by atoms with Gasteiger partial charge in [-0.15, -0.1) is 11.8 Å². The third-order valence-electron chi connectivity index (χ3n) is 6.92. The zero-order valence-electron chi connectivity index (χ0n) is 23.0. The highest BCUT2D eigenvalue weighted by Gasteiger charge is 2.34. The van der Waals surface area contributed by atoms with Gasteiger partial charge in [0.15, 0.2) is 16.4 Å². The van der Waals surface area contributed by atoms with Crippen LogP contribution in [0.3, 0.4) is 0 Å². The van der Waals surface area contributed by atoms with Crippen LogP contribution in [-0.2, 0) is 32.0 Å². The number of carbonyl (C=O) groups excluding carboxylic acids is 1. The Bertz CT molecular complexity index is 1320. The normalized spacial score (nSPS) is 18.4. The molecule has 0 radical (unpaired) electrons. The smallest absolute Gasteiger partial charge is 0.416 e. The molecule has 2 aromatic rings. The molecular weight excluding hydrogens is 563 g/mol. The Hall–Kier alpha value is -2.24. The Labute approximate surface area is 238 Å². The molecule has 2 aliphatic carbocycles. The Morgan fingerprint density at radius 1 is 1.05 bits per heavy atom. The van der Waals surface area contributed by atoms with Gasteiger partial charge in [0.05, 0.1) is 10.5 Å². The zero-order valence-corrected chi connectivity index (χ0v) is 24.6. The van der Waals surface area contributed by atoms with Gasteiger partial charge >= 0.3 is 12.1 Å². The van der Waals surface area contributed by atoms with Crippen LogP contribution in [0.25, 0.3) is 0 Å². The molecule has 2 aliphatic rings. The maximum absolute atomic E-state index is 13.7. The topological polar surface area (TPSA) is 81.7 Å². The number of fused-ring (bicyclic) bond motifs is 1. The number of esters is 1. The molecule has 11 heteroatoms. The van der Waals surface area contributed by atoms with Crippen LogP contribution >= 0.6 is 11.8 Å². The lowest BCUT2D eigenvalue weighted by Gasteiger charge is -2.28. The second kappa shape index (κ2) is 12.3. The van der Waals surface area contributed by atoms with Crippen molar-refractivity contribution in [3.63, 3.8) is 0 Å². The van der Waals surface area contributed by atoms with Gasteiger partial charge in [0, 0.05) is 16.2 Å². The monoisotopic (exact) mass is 599 g/mol. The van der Waals surface area contributed by atoms with E-state index in [-0.39, 0.29) is 22.8 Å². The largest absolute Gasteiger partial charge is 0.482 e. The van der Waals surface area contributed by atoms with Crippen molar-refractivity contribution in [2.75, 3.05) is 12.5 Å². The molecule has 0 amide bonds. The van der Waals surface area contributed by atoms with Gasteiger partial charge in [-0.1, -0.05) is 25.0 Å². The fourth-order valence-corrected chi connectivity index (χ4v) is 7.76. The number of halogens is 3. The summed E-state index contributed by atoms with van der Waals surface area (Å²) in [6, 6.07) is 8.22. The number of rotatable bonds is 9. The number of alkyl halides is 3. The van der Waals surface area contributed by atoms with E-state index in [1.165, 1.54) is 17.8 Å². The molecule has 1 fully saturated rings. The van der Waals surface area contributed by atoms with Crippen molar-refractivity contribution in [2.24, 2.45) is 0 Å². The van der Waals surface area contributed by atoms with Crippen LogP contribution in [0.1, 0.15) is 82.0 Å². The van der Waals surface area contributed by atoms with Gasteiger partial charge in [-0.05, 0) is 88.3 Å². The highest BCUT2D eigenvalue weighted by atomic mass is 32.2. The lowest BCUT2D eigenvalue weighted by atomic mass is 9.87. The Morgan fingerprint density at radius 2 is 1.77 bits per heavy atom. The minimum atomic E-state index is -4.65. The van der Waals surface area contributed by atoms with E-state index in [1.807, 2.05) is 6.07 Å². The van der Waals surface area contributed by atoms with Gasteiger partial charge < -0.3 is 9.47 Å². The van der Waals surface area contributed by atoms with E-state index in [0.717, 1.165) is 55.4 Å². The predicted molar refractivity (Wildman–Crippen MR) is 148 cm³/mol. The molecule has 0 spiro atoms. The fourth-order valence-electron chi connectivity index (χ4n) is 5.15. The first-order valence-corrected chi connectivity index (χ1v) is 16.1. The third kappa shape index (κ3) is 8.16. The van der Waals surface area contributed by atoms with Crippen LogP contribution in [0.4, 0.5) is 13.2 Å². The summed E-state index contributed by atoms with van der Waals surface area (Å²) in [5, 5.41) is 3.26. The summed E-state index contributed by atoms with van der Waals surface area (Å²) in [5.41, 5.74) is 0.141. The fraction of sp³-hybridized carbons (Fsp3) is 0.552. The van der Waals surface area contributed by atoms with Gasteiger partial charge in [0.25, 0.3) is 0 Å². The first-order valence-electron chi connectivity index (χ1n) is 13.5. The molecule has 6 nitrogen and oxygen atoms in total. The van der Waals surface area contributed by atoms with Gasteiger partial charge in [-0.2, -0.15) is 13.2 Å². The highest BCUT2D eigenvalue weighted by Crippen LogP contribution is 2.40. The van der Waals surface area contributed by atoms with E-state index in [2.05, 4.69) is 5.32 Å². The predicted octanol–water partition coefficient (Wildman–Crippen LogP) is 6.86. The van der Waals surface area contributed by atoms with E-state index in [1.54, 1.807) is 32.9 Å². The molecular formula is C29H36F3NO5S2. The average molecular weight is 600 g/mol. The number of thioether (sulfide) groups is 1. The molecule has 40 heavy (non-hydrogen) atoms. The van der Waals surface area contributed by atoms with Crippen molar-refractivity contribution in [3.8, 4) is 5.75 Å². The van der Waals surface area contributed by atoms with Gasteiger partial charge in [-0.3, -0.25) is 5.32 Å². The standard InChI is InChI=1S/C29H36F3NO5S2/c1-28(2,3)38-27(34)17-37-26-13-7-10-23-24(26)11-6-12-25(23)33-18-40(35,36)22-15-19(29(30,31)32)14-21(16-22)39-20-8-4-5-9-20/h7,10,13-16,20,25,33H,4-6,8-9,11-12,17-18H2,1-3H3/t25-/m1/s1. The molecule has 0 heterocycles. The quantitative estimate of drug-likeness (QED) is 0.316. The molecule has 4 rings (SSSR count). The summed E-state index contributed by atoms with van der Waals surface area (Å²) in [7, 11) is -4.07. The van der Waals surface area contributed by atoms with Crippen LogP contribution in [-0.4, -0.2) is 37.7 Å². The van der Waals surface area contributed by atoms with Crippen molar-refractivity contribution in [1.82, 2.24) is 5.32 Å². The summed E-state index contributed by atoms with van der Waals surface area (Å²) in [6.07, 6.45) is 1.34. The molecule has 0 bridgehead atoms. The second-order valence-electron chi connectivity index (χ2n) is 11.3. The van der Waals surface area contributed by atoms with Crippen LogP contribution in [0.15, 0.2) is 46.2 Å². The zero-order chi connectivity index (χ0) is 29.1. The van der Waals surface area contributed by atoms with Crippen molar-refractivity contribution in [1.29, 1.82) is 0 Å². The molecule has 0 saturated heterocycles. The molecule has 0 aliphatic heterocycles. The lowest BCUT2D eigenvalue weighted by molar-refractivity contribution is -0.157. The van der Waals surface area contributed by atoms with Gasteiger partial charge in [0.2, 0.25) is 0 Å². The summed E-state index contributed by atoms with van der Waals surface area (Å²) >= 11 is 1.33. The summed E-state index contributed by atoms with van der Waals surface area (Å²) in [5.74, 6) is -0.466. The van der Waals surface area contributed by atoms with Crippen molar-refractivity contribution < 1.29 is 35.9 Å². The van der Waals surface area contributed by atoms with E-state index < -0.39 is 39.0 Å². The van der Waals surface area contributed by atoms with Crippen molar-refractivity contribution in [3.05, 3.63) is 53.1 Å². The third-order valence-corrected chi connectivity index (χ3v) is 9.73. The maximum atomic E-state index is 13.7. The van der Waals surface area contributed by atoms with Crippen LogP contribution in [0.2, 0.25) is 0 Å². The molecule has 2 aromatic carbocycles. The van der Waals surface area contributed by atoms with Gasteiger partial charge in [-0.25, -0.2) is 13.2 Å². The average Bonchev–Trinajstić information content (AvgIpc) is 3.37. The molecule has 1 N–H and O–H groups in total. The van der Waals surface area contributed by atoms with Crippen molar-refractivity contribution in [2.45, 2.75) is 98.6 Å². The molecule has 1 atom stereocenters. The summed E-state index contributed by atoms with van der Waals surface area (Å²) in [4.78, 5) is 12.1. The van der Waals surface area contributed by atoms with Crippen LogP contribution in [0.5, 0.6) is 5.75 Å². The van der Waals surface area contributed by atoms with E-state index in [0.29, 0.717) is 23.5 Å². The Kier molecular flexibility index (Phi) is 9.46. The Morgan fingerprint density at radius 3 is 2.45 bits per heavy atom. The minimum Gasteiger partial charge on any atom is -0.482 e. The highest BCUT2D eigenvalue weighted by molar-refractivity contribution is 8.00. The number of benzene rings is 2. The molecule has 1 saturated carbocycles. The first kappa shape index (κ1) is 30.7. The number of hydrogen-bond acceptors (Lipinski definition) is 7. The number of nitrogens with one attached hydrogen (secondary N) is 1. The number of hydrogen-bond donors (Lipinski definition) is 1. The summed E-state index contributed by atoms with van der Waals surface area (Å²) in [6.45, 7) is 5.06. The van der Waals surface area contributed by atoms with E-state index in [9.17, 15) is 26.4 Å². The second-order valence-corrected chi connectivity index (χ2v) is 14.7. The number of carbonyl (C=O) groups is 1. The SMILES string of the molecule is CC(C)(C)OC(=O)COc1cccc2c1CCC[C@H]2NCS(=O)(=O)c1cc(SC2CCCC2)cc(C(F)(F)F)c1. The number of ether oxygens (including phenoxy) is 2. The molecule has 220 valence electrons. The van der Waals surface area contributed by atoms with Crippen LogP contribution < -0.4 is 10.1 Å². The Balaban J connectivity index is 1.49. The van der Waals surface area contributed by atoms with E-state index >= 15 is 0 Å². The lowest BCUT2D eigenvalue weighted by Crippen LogP contribution is -2.31. The van der Waals surface area contributed by atoms with Crippen molar-refractivity contribution >= 4 is 27.6 Å². The number of sulfone groups is 1. The molecule has 0 aromatic heterocycles. The molecule has 0 unspecified atom stereocenters. The van der Waals surface area contributed by atoms with E-state index in [4.69, 9.17) is 9.47 Å². The van der Waals surface area contributed by atoms with Gasteiger partial charge in [0.1, 0.15) is 17.2 Å². The maximum Gasteiger partial charge on any atom is 0.416 e. The first-order chi connectivity index (χ1) is 18.7. The van der Waals surface area contributed by atoms with Crippen LogP contribution in [0, 0.1) is 0 Å². The summed E-state index contributed by atoms with van der Waals surface area (Å²) < 4.78 is 78.6. The minimum absolute atomic E-state index is 0.197.